The standard InChI is InChI=1S/C18H29N/c1-4-6-16-7-5-9-18(19,10-8-16)17-12-14(2)11-15(3)13-17/h11-13,16H,4-10,19H2,1-3H3. The molecule has 1 fully saturated rings. The molecule has 2 rings (SSSR count). The molecule has 1 aliphatic carbocycles. The number of aryl methyl sites for hydroxylation is 2. The molecule has 0 saturated heterocycles. The molecular formula is C18H29N. The van der Waals surface area contributed by atoms with Crippen molar-refractivity contribution >= 4 is 0 Å². The molecule has 1 aliphatic rings. The van der Waals surface area contributed by atoms with E-state index < -0.39 is 0 Å². The molecular weight excluding hydrogens is 230 g/mol. The Labute approximate surface area is 118 Å². The second kappa shape index (κ2) is 6.09. The van der Waals surface area contributed by atoms with E-state index in [1.54, 1.807) is 0 Å². The smallest absolute Gasteiger partial charge is 0.0409 e. The van der Waals surface area contributed by atoms with Gasteiger partial charge in [-0.15, -0.1) is 0 Å². The summed E-state index contributed by atoms with van der Waals surface area (Å²) >= 11 is 0. The van der Waals surface area contributed by atoms with E-state index in [1.165, 1.54) is 48.8 Å². The fourth-order valence-corrected chi connectivity index (χ4v) is 3.68. The highest BCUT2D eigenvalue weighted by Crippen LogP contribution is 2.37. The van der Waals surface area contributed by atoms with Crippen LogP contribution in [0.4, 0.5) is 0 Å². The Kier molecular flexibility index (Phi) is 4.67. The summed E-state index contributed by atoms with van der Waals surface area (Å²) in [5.41, 5.74) is 10.7. The summed E-state index contributed by atoms with van der Waals surface area (Å²) in [4.78, 5) is 0. The molecule has 0 amide bonds. The van der Waals surface area contributed by atoms with Crippen LogP contribution in [0.3, 0.4) is 0 Å². The third-order valence-electron chi connectivity index (χ3n) is 4.73. The molecule has 1 nitrogen and oxygen atoms in total. The third kappa shape index (κ3) is 3.60. The largest absolute Gasteiger partial charge is 0.321 e. The SMILES string of the molecule is CCCC1CCCC(N)(c2cc(C)cc(C)c2)CC1. The monoisotopic (exact) mass is 259 g/mol. The van der Waals surface area contributed by atoms with Gasteiger partial charge in [0.05, 0.1) is 0 Å². The van der Waals surface area contributed by atoms with Crippen LogP contribution in [0.2, 0.25) is 0 Å². The minimum atomic E-state index is -0.0841. The fourth-order valence-electron chi connectivity index (χ4n) is 3.68. The van der Waals surface area contributed by atoms with Gasteiger partial charge >= 0.3 is 0 Å². The minimum absolute atomic E-state index is 0.0841. The summed E-state index contributed by atoms with van der Waals surface area (Å²) in [5, 5.41) is 0. The highest BCUT2D eigenvalue weighted by Gasteiger charge is 2.30. The summed E-state index contributed by atoms with van der Waals surface area (Å²) < 4.78 is 0. The van der Waals surface area contributed by atoms with Crippen molar-refractivity contribution in [3.8, 4) is 0 Å². The van der Waals surface area contributed by atoms with E-state index in [1.807, 2.05) is 0 Å². The van der Waals surface area contributed by atoms with Crippen molar-refractivity contribution in [3.63, 3.8) is 0 Å². The van der Waals surface area contributed by atoms with Gasteiger partial charge in [-0.2, -0.15) is 0 Å². The van der Waals surface area contributed by atoms with Crippen LogP contribution in [0.15, 0.2) is 18.2 Å². The zero-order valence-corrected chi connectivity index (χ0v) is 12.8. The predicted octanol–water partition coefficient (Wildman–Crippen LogP) is 4.84. The van der Waals surface area contributed by atoms with Crippen molar-refractivity contribution in [2.24, 2.45) is 11.7 Å². The fraction of sp³-hybridized carbons (Fsp3) is 0.667. The van der Waals surface area contributed by atoms with E-state index >= 15 is 0 Å². The van der Waals surface area contributed by atoms with Crippen LogP contribution in [0.25, 0.3) is 0 Å². The highest BCUT2D eigenvalue weighted by molar-refractivity contribution is 5.33. The van der Waals surface area contributed by atoms with Crippen molar-refractivity contribution in [1.82, 2.24) is 0 Å². The molecule has 2 N–H and O–H groups in total. The predicted molar refractivity (Wildman–Crippen MR) is 83.3 cm³/mol. The first-order chi connectivity index (χ1) is 9.03. The lowest BCUT2D eigenvalue weighted by Crippen LogP contribution is -2.36. The number of rotatable bonds is 3. The maximum Gasteiger partial charge on any atom is 0.0409 e. The van der Waals surface area contributed by atoms with E-state index in [0.29, 0.717) is 0 Å². The number of hydrogen-bond donors (Lipinski definition) is 1. The Balaban J connectivity index is 2.17. The Morgan fingerprint density at radius 1 is 1.11 bits per heavy atom. The summed E-state index contributed by atoms with van der Waals surface area (Å²) in [5.74, 6) is 0.904. The molecule has 0 radical (unpaired) electrons. The van der Waals surface area contributed by atoms with Gasteiger partial charge in [-0.25, -0.2) is 0 Å². The van der Waals surface area contributed by atoms with Gasteiger partial charge in [-0.1, -0.05) is 61.9 Å². The molecule has 2 atom stereocenters. The van der Waals surface area contributed by atoms with Gasteiger partial charge in [-0.3, -0.25) is 0 Å². The molecule has 0 spiro atoms. The lowest BCUT2D eigenvalue weighted by atomic mass is 9.82. The minimum Gasteiger partial charge on any atom is -0.321 e. The summed E-state index contributed by atoms with van der Waals surface area (Å²) in [6, 6.07) is 6.84. The molecule has 1 aromatic rings. The second-order valence-corrected chi connectivity index (χ2v) is 6.62. The van der Waals surface area contributed by atoms with E-state index in [9.17, 15) is 0 Å². The molecule has 1 aromatic carbocycles. The Hall–Kier alpha value is -0.820. The second-order valence-electron chi connectivity index (χ2n) is 6.62. The van der Waals surface area contributed by atoms with Gasteiger partial charge in [0.1, 0.15) is 0 Å². The quantitative estimate of drug-likeness (QED) is 0.772. The Bertz CT molecular complexity index is 403. The van der Waals surface area contributed by atoms with Gasteiger partial charge in [-0.05, 0) is 44.6 Å². The van der Waals surface area contributed by atoms with Gasteiger partial charge in [0, 0.05) is 5.54 Å². The summed E-state index contributed by atoms with van der Waals surface area (Å²) in [6.45, 7) is 6.65. The molecule has 0 heterocycles. The molecule has 0 aliphatic heterocycles. The average Bonchev–Trinajstić information content (AvgIpc) is 2.52. The topological polar surface area (TPSA) is 26.0 Å². The van der Waals surface area contributed by atoms with E-state index in [0.717, 1.165) is 18.8 Å². The lowest BCUT2D eigenvalue weighted by molar-refractivity contribution is 0.367. The molecule has 0 aromatic heterocycles. The zero-order chi connectivity index (χ0) is 13.9. The molecule has 106 valence electrons. The zero-order valence-electron chi connectivity index (χ0n) is 12.8. The number of nitrogens with two attached hydrogens (primary N) is 1. The first-order valence-electron chi connectivity index (χ1n) is 7.91. The number of benzene rings is 1. The van der Waals surface area contributed by atoms with E-state index in [-0.39, 0.29) is 5.54 Å². The van der Waals surface area contributed by atoms with Gasteiger partial charge in [0.15, 0.2) is 0 Å². The van der Waals surface area contributed by atoms with Crippen LogP contribution >= 0.6 is 0 Å². The Morgan fingerprint density at radius 2 is 1.79 bits per heavy atom. The van der Waals surface area contributed by atoms with Crippen molar-refractivity contribution in [2.45, 2.75) is 71.3 Å². The van der Waals surface area contributed by atoms with Gasteiger partial charge in [0.25, 0.3) is 0 Å². The van der Waals surface area contributed by atoms with Gasteiger partial charge in [0.2, 0.25) is 0 Å². The summed E-state index contributed by atoms with van der Waals surface area (Å²) in [6.07, 6.45) is 8.95. The molecule has 19 heavy (non-hydrogen) atoms. The maximum absolute atomic E-state index is 6.78. The molecule has 0 bridgehead atoms. The molecule has 1 heteroatoms. The van der Waals surface area contributed by atoms with E-state index in [4.69, 9.17) is 5.73 Å². The van der Waals surface area contributed by atoms with E-state index in [2.05, 4.69) is 39.0 Å². The van der Waals surface area contributed by atoms with Crippen molar-refractivity contribution in [2.75, 3.05) is 0 Å². The molecule has 2 unspecified atom stereocenters. The van der Waals surface area contributed by atoms with Crippen LogP contribution in [0, 0.1) is 19.8 Å². The molecule has 1 saturated carbocycles. The number of hydrogen-bond acceptors (Lipinski definition) is 1. The van der Waals surface area contributed by atoms with Crippen molar-refractivity contribution in [3.05, 3.63) is 34.9 Å². The van der Waals surface area contributed by atoms with Crippen molar-refractivity contribution < 1.29 is 0 Å². The highest BCUT2D eigenvalue weighted by atomic mass is 14.7. The van der Waals surface area contributed by atoms with Crippen LogP contribution in [-0.2, 0) is 5.54 Å². The Morgan fingerprint density at radius 3 is 2.42 bits per heavy atom. The van der Waals surface area contributed by atoms with Crippen LogP contribution < -0.4 is 5.73 Å². The van der Waals surface area contributed by atoms with Gasteiger partial charge < -0.3 is 5.73 Å². The normalized spacial score (nSPS) is 28.1. The average molecular weight is 259 g/mol. The maximum atomic E-state index is 6.78. The van der Waals surface area contributed by atoms with Crippen LogP contribution in [0.5, 0.6) is 0 Å². The lowest BCUT2D eigenvalue weighted by Gasteiger charge is -2.29. The first-order valence-corrected chi connectivity index (χ1v) is 7.91. The third-order valence-corrected chi connectivity index (χ3v) is 4.73. The van der Waals surface area contributed by atoms with Crippen LogP contribution in [0.1, 0.15) is 68.6 Å². The summed E-state index contributed by atoms with van der Waals surface area (Å²) in [7, 11) is 0. The van der Waals surface area contributed by atoms with Crippen molar-refractivity contribution in [1.29, 1.82) is 0 Å². The van der Waals surface area contributed by atoms with Crippen LogP contribution in [-0.4, -0.2) is 0 Å². The first kappa shape index (κ1) is 14.6.